The Labute approximate surface area is 199 Å². The molecule has 10 nitrogen and oxygen atoms in total. The maximum Gasteiger partial charge on any atom is 0.320 e. The zero-order valence-corrected chi connectivity index (χ0v) is 19.5. The number of carbonyl (C=O) groups excluding carboxylic acids is 2. The summed E-state index contributed by atoms with van der Waals surface area (Å²) in [5.74, 6) is -0.0307. The van der Waals surface area contributed by atoms with Gasteiger partial charge >= 0.3 is 6.03 Å². The van der Waals surface area contributed by atoms with Gasteiger partial charge in [0.2, 0.25) is 0 Å². The van der Waals surface area contributed by atoms with Gasteiger partial charge < -0.3 is 20.0 Å². The number of likely N-dealkylation sites (tertiary alicyclic amines) is 1. The van der Waals surface area contributed by atoms with Crippen molar-refractivity contribution in [1.29, 1.82) is 10.8 Å². The molecule has 4 heterocycles. The zero-order chi connectivity index (χ0) is 24.2. The smallest absolute Gasteiger partial charge is 0.320 e. The minimum Gasteiger partial charge on any atom is -0.325 e. The van der Waals surface area contributed by atoms with Crippen molar-refractivity contribution < 1.29 is 9.59 Å². The number of anilines is 1. The topological polar surface area (TPSA) is 129 Å². The molecule has 0 saturated carbocycles. The first-order valence-electron chi connectivity index (χ1n) is 11.5. The van der Waals surface area contributed by atoms with E-state index >= 15 is 0 Å². The van der Waals surface area contributed by atoms with Gasteiger partial charge in [-0.05, 0) is 62.4 Å². The van der Waals surface area contributed by atoms with Gasteiger partial charge in [0.1, 0.15) is 17.2 Å². The predicted molar refractivity (Wildman–Crippen MR) is 129 cm³/mol. The molecular weight excluding hydrogens is 432 g/mol. The van der Waals surface area contributed by atoms with Crippen molar-refractivity contribution in [3.05, 3.63) is 53.0 Å². The maximum atomic E-state index is 12.9. The van der Waals surface area contributed by atoms with Crippen LogP contribution in [0.15, 0.2) is 30.5 Å². The van der Waals surface area contributed by atoms with Gasteiger partial charge in [-0.3, -0.25) is 20.6 Å². The van der Waals surface area contributed by atoms with Gasteiger partial charge in [-0.15, -0.1) is 0 Å². The van der Waals surface area contributed by atoms with Crippen LogP contribution in [0.1, 0.15) is 54.0 Å². The van der Waals surface area contributed by atoms with Crippen molar-refractivity contribution in [2.24, 2.45) is 0 Å². The number of amidine groups is 1. The Balaban J connectivity index is 1.46. The molecule has 0 spiro atoms. The number of nitrogens with zero attached hydrogens (tertiary/aromatic N) is 5. The van der Waals surface area contributed by atoms with Gasteiger partial charge in [-0.1, -0.05) is 6.07 Å². The predicted octanol–water partition coefficient (Wildman–Crippen LogP) is 2.95. The summed E-state index contributed by atoms with van der Waals surface area (Å²) in [5.41, 5.74) is 2.58. The highest BCUT2D eigenvalue weighted by Gasteiger charge is 2.27. The molecule has 178 valence electrons. The van der Waals surface area contributed by atoms with Crippen LogP contribution in [0.25, 0.3) is 0 Å². The Bertz CT molecular complexity index is 1110. The van der Waals surface area contributed by atoms with Crippen molar-refractivity contribution in [1.82, 2.24) is 24.7 Å². The molecule has 2 aromatic heterocycles. The Kier molecular flexibility index (Phi) is 6.85. The lowest BCUT2D eigenvalue weighted by atomic mass is 10.0. The summed E-state index contributed by atoms with van der Waals surface area (Å²) in [6.45, 7) is 6.50. The van der Waals surface area contributed by atoms with Crippen LogP contribution >= 0.6 is 0 Å². The van der Waals surface area contributed by atoms with Crippen molar-refractivity contribution >= 4 is 29.9 Å². The van der Waals surface area contributed by atoms with Crippen LogP contribution in [0.3, 0.4) is 0 Å². The number of nitrogens with one attached hydrogen (secondary N) is 3. The van der Waals surface area contributed by atoms with Gasteiger partial charge in [0.05, 0.1) is 6.34 Å². The van der Waals surface area contributed by atoms with Crippen LogP contribution in [0.4, 0.5) is 10.6 Å². The standard InChI is InChI=1S/C24H30N8O2/c1-16(2)32(15-25)22(26)19-6-5-7-21(28-19)29-23(33)20-12-18-14-31(11-8-17(18)13-27-20)24(34)30-9-3-4-10-30/h5-7,12-13,15-16,25-26H,3-4,8-11,14H2,1-2H3,(H,28,29,33). The number of fused-ring (bicyclic) bond motifs is 1. The number of pyridine rings is 2. The van der Waals surface area contributed by atoms with E-state index in [9.17, 15) is 9.59 Å². The second-order valence-electron chi connectivity index (χ2n) is 8.83. The van der Waals surface area contributed by atoms with Gasteiger partial charge in [0.25, 0.3) is 5.91 Å². The van der Waals surface area contributed by atoms with E-state index in [-0.39, 0.29) is 23.6 Å². The molecule has 0 radical (unpaired) electrons. The van der Waals surface area contributed by atoms with Crippen LogP contribution in [-0.2, 0) is 13.0 Å². The van der Waals surface area contributed by atoms with E-state index in [1.54, 1.807) is 30.5 Å². The molecule has 2 aliphatic heterocycles. The van der Waals surface area contributed by atoms with E-state index in [1.165, 1.54) is 4.90 Å². The summed E-state index contributed by atoms with van der Waals surface area (Å²) in [4.78, 5) is 39.6. The molecule has 4 rings (SSSR count). The lowest BCUT2D eigenvalue weighted by Crippen LogP contribution is -2.44. The Morgan fingerprint density at radius 1 is 1.12 bits per heavy atom. The molecule has 0 bridgehead atoms. The fourth-order valence-corrected chi connectivity index (χ4v) is 4.25. The summed E-state index contributed by atoms with van der Waals surface area (Å²) >= 11 is 0. The highest BCUT2D eigenvalue weighted by molar-refractivity contribution is 6.04. The molecule has 0 aliphatic carbocycles. The Hall–Kier alpha value is -3.82. The van der Waals surface area contributed by atoms with Crippen LogP contribution < -0.4 is 5.32 Å². The maximum absolute atomic E-state index is 12.9. The second kappa shape index (κ2) is 9.98. The van der Waals surface area contributed by atoms with E-state index in [0.717, 1.165) is 49.8 Å². The molecular formula is C24H30N8O2. The van der Waals surface area contributed by atoms with Gasteiger partial charge in [0, 0.05) is 38.4 Å². The molecule has 2 aliphatic rings. The van der Waals surface area contributed by atoms with E-state index in [1.807, 2.05) is 23.6 Å². The molecule has 3 amide bonds. The third kappa shape index (κ3) is 4.90. The molecule has 0 atom stereocenters. The first-order valence-corrected chi connectivity index (χ1v) is 11.5. The Morgan fingerprint density at radius 2 is 1.88 bits per heavy atom. The average Bonchev–Trinajstić information content (AvgIpc) is 3.38. The number of urea groups is 1. The number of rotatable bonds is 5. The fraction of sp³-hybridized carbons (Fsp3) is 0.417. The SMILES string of the molecule is CC(C)N(C=N)C(=N)c1cccc(NC(=O)c2cc3c(cn2)CCN(C(=O)N2CCCC2)C3)n1. The summed E-state index contributed by atoms with van der Waals surface area (Å²) in [7, 11) is 0. The second-order valence-corrected chi connectivity index (χ2v) is 8.83. The number of carbonyl (C=O) groups is 2. The average molecular weight is 463 g/mol. The first kappa shape index (κ1) is 23.3. The third-order valence-corrected chi connectivity index (χ3v) is 6.16. The van der Waals surface area contributed by atoms with Crippen molar-refractivity contribution in [2.45, 2.75) is 45.7 Å². The van der Waals surface area contributed by atoms with Crippen LogP contribution in [0.2, 0.25) is 0 Å². The van der Waals surface area contributed by atoms with Crippen LogP contribution in [0, 0.1) is 10.8 Å². The van der Waals surface area contributed by atoms with Gasteiger partial charge in [-0.2, -0.15) is 0 Å². The monoisotopic (exact) mass is 462 g/mol. The number of aromatic nitrogens is 2. The molecule has 1 saturated heterocycles. The number of hydrogen-bond donors (Lipinski definition) is 3. The Morgan fingerprint density at radius 3 is 2.59 bits per heavy atom. The lowest BCUT2D eigenvalue weighted by Gasteiger charge is -2.32. The minimum absolute atomic E-state index is 0.0646. The van der Waals surface area contributed by atoms with E-state index in [0.29, 0.717) is 24.6 Å². The number of amides is 3. The molecule has 3 N–H and O–H groups in total. The first-order chi connectivity index (χ1) is 16.4. The molecule has 34 heavy (non-hydrogen) atoms. The van der Waals surface area contributed by atoms with Crippen molar-refractivity contribution in [3.8, 4) is 0 Å². The van der Waals surface area contributed by atoms with Gasteiger partial charge in [-0.25, -0.2) is 9.78 Å². The summed E-state index contributed by atoms with van der Waals surface area (Å²) < 4.78 is 0. The molecule has 2 aromatic rings. The molecule has 10 heteroatoms. The van der Waals surface area contributed by atoms with Crippen LogP contribution in [0.5, 0.6) is 0 Å². The molecule has 1 fully saturated rings. The number of hydrogen-bond acceptors (Lipinski definition) is 6. The normalized spacial score (nSPS) is 15.1. The van der Waals surface area contributed by atoms with Gasteiger partial charge in [0.15, 0.2) is 5.84 Å². The summed E-state index contributed by atoms with van der Waals surface area (Å²) in [6, 6.07) is 6.76. The van der Waals surface area contributed by atoms with E-state index in [2.05, 4.69) is 15.3 Å². The van der Waals surface area contributed by atoms with Crippen molar-refractivity contribution in [2.75, 3.05) is 25.0 Å². The molecule has 0 unspecified atom stereocenters. The minimum atomic E-state index is -0.408. The summed E-state index contributed by atoms with van der Waals surface area (Å²) in [5, 5.41) is 18.6. The largest absolute Gasteiger partial charge is 0.325 e. The fourth-order valence-electron chi connectivity index (χ4n) is 4.25. The lowest BCUT2D eigenvalue weighted by molar-refractivity contribution is 0.102. The van der Waals surface area contributed by atoms with Crippen LogP contribution in [-0.4, -0.2) is 74.5 Å². The van der Waals surface area contributed by atoms with E-state index in [4.69, 9.17) is 10.8 Å². The summed E-state index contributed by atoms with van der Waals surface area (Å²) in [6.07, 6.45) is 5.63. The highest BCUT2D eigenvalue weighted by Crippen LogP contribution is 2.22. The molecule has 0 aromatic carbocycles. The third-order valence-electron chi connectivity index (χ3n) is 6.16. The quantitative estimate of drug-likeness (QED) is 0.465. The highest BCUT2D eigenvalue weighted by atomic mass is 16.2. The van der Waals surface area contributed by atoms with Crippen molar-refractivity contribution in [3.63, 3.8) is 0 Å². The zero-order valence-electron chi connectivity index (χ0n) is 19.5. The van der Waals surface area contributed by atoms with E-state index < -0.39 is 5.91 Å².